The number of benzene rings is 1. The average Bonchev–Trinajstić information content (AvgIpc) is 3.01. The second kappa shape index (κ2) is 7.19. The molecule has 5 nitrogen and oxygen atoms in total. The fourth-order valence-corrected chi connectivity index (χ4v) is 4.06. The number of hydrogen-bond donors (Lipinski definition) is 3. The van der Waals surface area contributed by atoms with Crippen molar-refractivity contribution in [1.29, 1.82) is 0 Å². The first-order valence-corrected chi connectivity index (χ1v) is 8.73. The molecule has 1 aromatic rings. The van der Waals surface area contributed by atoms with Gasteiger partial charge in [0.1, 0.15) is 5.92 Å². The molecular formula is C17H20N2O3S. The summed E-state index contributed by atoms with van der Waals surface area (Å²) >= 11 is 1.46. The van der Waals surface area contributed by atoms with Gasteiger partial charge in [-0.1, -0.05) is 36.4 Å². The largest absolute Gasteiger partial charge is 0.390 e. The minimum absolute atomic E-state index is 0.173. The fourth-order valence-electron chi connectivity index (χ4n) is 2.97. The van der Waals surface area contributed by atoms with E-state index in [1.807, 2.05) is 41.8 Å². The molecule has 122 valence electrons. The molecule has 2 aliphatic heterocycles. The lowest BCUT2D eigenvalue weighted by Gasteiger charge is -2.35. The van der Waals surface area contributed by atoms with Crippen LogP contribution < -0.4 is 10.6 Å². The van der Waals surface area contributed by atoms with Crippen molar-refractivity contribution in [3.8, 4) is 0 Å². The van der Waals surface area contributed by atoms with E-state index in [1.165, 1.54) is 17.3 Å². The lowest BCUT2D eigenvalue weighted by molar-refractivity contribution is -0.142. The molecule has 0 radical (unpaired) electrons. The Morgan fingerprint density at radius 2 is 2.09 bits per heavy atom. The summed E-state index contributed by atoms with van der Waals surface area (Å²) in [6, 6.07) is 9.86. The molecule has 2 heterocycles. The third-order valence-electron chi connectivity index (χ3n) is 4.21. The Morgan fingerprint density at radius 3 is 2.87 bits per heavy atom. The molecule has 3 N–H and O–H groups in total. The third-order valence-corrected chi connectivity index (χ3v) is 5.41. The third kappa shape index (κ3) is 3.59. The second-order valence-electron chi connectivity index (χ2n) is 5.81. The second-order valence-corrected chi connectivity index (χ2v) is 6.90. The molecule has 0 bridgehead atoms. The summed E-state index contributed by atoms with van der Waals surface area (Å²) in [5.41, 5.74) is 1.22. The van der Waals surface area contributed by atoms with Gasteiger partial charge < -0.3 is 15.7 Å². The van der Waals surface area contributed by atoms with Crippen LogP contribution in [0, 0.1) is 5.92 Å². The van der Waals surface area contributed by atoms with Gasteiger partial charge in [-0.25, -0.2) is 0 Å². The topological polar surface area (TPSA) is 78.4 Å². The number of piperidine rings is 1. The van der Waals surface area contributed by atoms with E-state index in [2.05, 4.69) is 10.6 Å². The first-order valence-electron chi connectivity index (χ1n) is 7.79. The normalized spacial score (nSPS) is 29.0. The minimum atomic E-state index is -1.03. The number of aliphatic hydroxyl groups is 1. The first-order chi connectivity index (χ1) is 11.2. The molecule has 23 heavy (non-hydrogen) atoms. The van der Waals surface area contributed by atoms with Crippen LogP contribution >= 0.6 is 11.8 Å². The number of carbonyl (C=O) groups is 2. The van der Waals surface area contributed by atoms with Crippen molar-refractivity contribution in [1.82, 2.24) is 10.6 Å². The van der Waals surface area contributed by atoms with Crippen LogP contribution in [0.15, 0.2) is 41.8 Å². The number of hydrogen-bond acceptors (Lipinski definition) is 4. The molecule has 2 aliphatic rings. The van der Waals surface area contributed by atoms with Crippen LogP contribution in [-0.4, -0.2) is 40.9 Å². The summed E-state index contributed by atoms with van der Waals surface area (Å²) in [5, 5.41) is 17.6. The van der Waals surface area contributed by atoms with Gasteiger partial charge in [-0.05, 0) is 23.8 Å². The van der Waals surface area contributed by atoms with Gasteiger partial charge in [0, 0.05) is 6.54 Å². The van der Waals surface area contributed by atoms with Gasteiger partial charge >= 0.3 is 0 Å². The Hall–Kier alpha value is -1.79. The van der Waals surface area contributed by atoms with Gasteiger partial charge in [0.05, 0.1) is 17.4 Å². The molecule has 1 saturated heterocycles. The van der Waals surface area contributed by atoms with E-state index in [1.54, 1.807) is 0 Å². The quantitative estimate of drug-likeness (QED) is 0.551. The number of amides is 2. The highest BCUT2D eigenvalue weighted by molar-refractivity contribution is 8.03. The first kappa shape index (κ1) is 16.1. The maximum absolute atomic E-state index is 12.3. The van der Waals surface area contributed by atoms with E-state index in [0.717, 1.165) is 12.8 Å². The summed E-state index contributed by atoms with van der Waals surface area (Å²) in [4.78, 5) is 24.3. The van der Waals surface area contributed by atoms with E-state index in [4.69, 9.17) is 0 Å². The monoisotopic (exact) mass is 332 g/mol. The van der Waals surface area contributed by atoms with E-state index in [-0.39, 0.29) is 11.3 Å². The molecule has 0 aromatic heterocycles. The van der Waals surface area contributed by atoms with Crippen LogP contribution in [0.4, 0.5) is 0 Å². The molecule has 4 atom stereocenters. The van der Waals surface area contributed by atoms with Crippen LogP contribution in [0.25, 0.3) is 0 Å². The van der Waals surface area contributed by atoms with Crippen molar-refractivity contribution in [2.75, 3.05) is 6.54 Å². The van der Waals surface area contributed by atoms with Crippen molar-refractivity contribution in [3.05, 3.63) is 47.4 Å². The van der Waals surface area contributed by atoms with Gasteiger partial charge in [-0.15, -0.1) is 11.8 Å². The predicted octanol–water partition coefficient (Wildman–Crippen LogP) is 0.840. The lowest BCUT2D eigenvalue weighted by Crippen LogP contribution is -2.61. The zero-order valence-electron chi connectivity index (χ0n) is 12.6. The molecule has 1 fully saturated rings. The number of fused-ring (bicyclic) bond motifs is 1. The van der Waals surface area contributed by atoms with Gasteiger partial charge in [-0.2, -0.15) is 0 Å². The zero-order chi connectivity index (χ0) is 16.2. The molecule has 1 aromatic carbocycles. The summed E-state index contributed by atoms with van der Waals surface area (Å²) in [5.74, 6) is -1.82. The van der Waals surface area contributed by atoms with Crippen molar-refractivity contribution < 1.29 is 14.7 Å². The number of rotatable bonds is 5. The van der Waals surface area contributed by atoms with Crippen LogP contribution in [0.1, 0.15) is 12.0 Å². The summed E-state index contributed by atoms with van der Waals surface area (Å²) in [6.07, 6.45) is 2.56. The predicted molar refractivity (Wildman–Crippen MR) is 89.7 cm³/mol. The van der Waals surface area contributed by atoms with E-state index in [0.29, 0.717) is 6.54 Å². The number of aryl methyl sites for hydroxylation is 1. The van der Waals surface area contributed by atoms with E-state index >= 15 is 0 Å². The highest BCUT2D eigenvalue weighted by Crippen LogP contribution is 2.33. The molecule has 0 saturated carbocycles. The maximum atomic E-state index is 12.3. The van der Waals surface area contributed by atoms with Crippen molar-refractivity contribution in [2.24, 2.45) is 5.92 Å². The van der Waals surface area contributed by atoms with Gasteiger partial charge in [0.2, 0.25) is 11.8 Å². The zero-order valence-corrected chi connectivity index (χ0v) is 13.5. The Kier molecular flexibility index (Phi) is 5.03. The summed E-state index contributed by atoms with van der Waals surface area (Å²) < 4.78 is 0. The van der Waals surface area contributed by atoms with Crippen molar-refractivity contribution in [3.63, 3.8) is 0 Å². The van der Waals surface area contributed by atoms with Gasteiger partial charge in [-0.3, -0.25) is 9.59 Å². The maximum Gasteiger partial charge on any atom is 0.235 e. The van der Waals surface area contributed by atoms with Crippen LogP contribution in [0.3, 0.4) is 0 Å². The molecule has 2 amide bonds. The molecular weight excluding hydrogens is 312 g/mol. The Labute approximate surface area is 139 Å². The van der Waals surface area contributed by atoms with Crippen LogP contribution in [0.5, 0.6) is 0 Å². The number of aliphatic hydroxyl groups excluding tert-OH is 1. The van der Waals surface area contributed by atoms with Crippen molar-refractivity contribution in [2.45, 2.75) is 30.2 Å². The molecule has 3 rings (SSSR count). The van der Waals surface area contributed by atoms with E-state index in [9.17, 15) is 14.7 Å². The molecule has 4 unspecified atom stereocenters. The summed E-state index contributed by atoms with van der Waals surface area (Å²) in [7, 11) is 0. The summed E-state index contributed by atoms with van der Waals surface area (Å²) in [6.45, 7) is 0.490. The molecule has 0 aliphatic carbocycles. The highest BCUT2D eigenvalue weighted by atomic mass is 32.2. The average molecular weight is 332 g/mol. The highest BCUT2D eigenvalue weighted by Gasteiger charge is 2.47. The number of carbonyl (C=O) groups excluding carboxylic acids is 2. The SMILES string of the molecule is O=C(NCCCc1ccccc1)C1C(=O)NC2C=CSC2C1O. The Morgan fingerprint density at radius 1 is 1.30 bits per heavy atom. The van der Waals surface area contributed by atoms with Crippen LogP contribution in [0.2, 0.25) is 0 Å². The van der Waals surface area contributed by atoms with Crippen LogP contribution in [-0.2, 0) is 16.0 Å². The molecule has 6 heteroatoms. The Balaban J connectivity index is 1.49. The smallest absolute Gasteiger partial charge is 0.235 e. The minimum Gasteiger partial charge on any atom is -0.390 e. The van der Waals surface area contributed by atoms with Crippen molar-refractivity contribution >= 4 is 23.6 Å². The Bertz CT molecular complexity index is 605. The van der Waals surface area contributed by atoms with Gasteiger partial charge in [0.25, 0.3) is 0 Å². The van der Waals surface area contributed by atoms with E-state index < -0.39 is 23.8 Å². The standard InChI is InChI=1S/C17H20N2O3S/c20-14-13(17(22)19-12-8-10-23-15(12)14)16(21)18-9-4-7-11-5-2-1-3-6-11/h1-3,5-6,8,10,12-15,20H,4,7,9H2,(H,18,21)(H,19,22). The lowest BCUT2D eigenvalue weighted by atomic mass is 9.89. The number of thioether (sulfide) groups is 1. The number of nitrogens with one attached hydrogen (secondary N) is 2. The fraction of sp³-hybridized carbons (Fsp3) is 0.412. The van der Waals surface area contributed by atoms with Gasteiger partial charge in [0.15, 0.2) is 0 Å². The molecule has 0 spiro atoms.